The van der Waals surface area contributed by atoms with Gasteiger partial charge >= 0.3 is 5.97 Å². The molecule has 1 aromatic rings. The van der Waals surface area contributed by atoms with Crippen LogP contribution in [-0.2, 0) is 9.53 Å². The molecule has 0 heterocycles. The van der Waals surface area contributed by atoms with Crippen LogP contribution < -0.4 is 0 Å². The molecular weight excluding hydrogens is 192 g/mol. The van der Waals surface area contributed by atoms with Gasteiger partial charge in [-0.15, -0.1) is 0 Å². The third-order valence-corrected chi connectivity index (χ3v) is 1.75. The summed E-state index contributed by atoms with van der Waals surface area (Å²) < 4.78 is 5.06. The molecule has 1 aromatic carbocycles. The number of aliphatic hydroxyl groups excluding tert-OH is 1. The fraction of sp³-hybridized carbons (Fsp3) is 0.417. The normalized spacial score (nSPS) is 13.3. The van der Waals surface area contributed by atoms with Crippen LogP contribution in [0.4, 0.5) is 0 Å². The molecule has 0 aliphatic heterocycles. The van der Waals surface area contributed by atoms with Crippen LogP contribution in [0.1, 0.15) is 32.4 Å². The van der Waals surface area contributed by atoms with Crippen molar-refractivity contribution in [3.63, 3.8) is 0 Å². The molecule has 0 aliphatic rings. The lowest BCUT2D eigenvalue weighted by Gasteiger charge is -2.21. The molecule has 1 rings (SSSR count). The number of esters is 1. The van der Waals surface area contributed by atoms with Gasteiger partial charge in [0.15, 0.2) is 6.10 Å². The Morgan fingerprint density at radius 2 is 1.80 bits per heavy atom. The first-order valence-electron chi connectivity index (χ1n) is 4.86. The summed E-state index contributed by atoms with van der Waals surface area (Å²) in [5, 5.41) is 9.68. The second-order valence-electron chi connectivity index (χ2n) is 4.35. The molecule has 0 fully saturated rings. The van der Waals surface area contributed by atoms with E-state index in [4.69, 9.17) is 4.74 Å². The van der Waals surface area contributed by atoms with E-state index in [1.807, 2.05) is 6.07 Å². The lowest BCUT2D eigenvalue weighted by molar-refractivity contribution is -0.165. The maximum atomic E-state index is 11.5. The molecule has 0 unspecified atom stereocenters. The van der Waals surface area contributed by atoms with E-state index in [1.165, 1.54) is 0 Å². The first kappa shape index (κ1) is 11.7. The Hall–Kier alpha value is -1.35. The van der Waals surface area contributed by atoms with Crippen LogP contribution >= 0.6 is 0 Å². The second-order valence-corrected chi connectivity index (χ2v) is 4.35. The Morgan fingerprint density at radius 1 is 1.27 bits per heavy atom. The third kappa shape index (κ3) is 3.72. The summed E-state index contributed by atoms with van der Waals surface area (Å²) in [6.45, 7) is 5.30. The molecule has 0 amide bonds. The van der Waals surface area contributed by atoms with Crippen molar-refractivity contribution in [3.05, 3.63) is 35.9 Å². The average Bonchev–Trinajstić information content (AvgIpc) is 2.15. The number of aliphatic hydroxyl groups is 1. The first-order chi connectivity index (χ1) is 6.90. The molecule has 0 bridgehead atoms. The fourth-order valence-electron chi connectivity index (χ4n) is 1.13. The average molecular weight is 208 g/mol. The Bertz CT molecular complexity index is 324. The number of hydrogen-bond acceptors (Lipinski definition) is 3. The van der Waals surface area contributed by atoms with Gasteiger partial charge in [0.25, 0.3) is 0 Å². The lowest BCUT2D eigenvalue weighted by Crippen LogP contribution is -2.27. The number of carbonyl (C=O) groups excluding carboxylic acids is 1. The zero-order valence-corrected chi connectivity index (χ0v) is 9.23. The van der Waals surface area contributed by atoms with Crippen LogP contribution in [0.15, 0.2) is 30.3 Å². The van der Waals surface area contributed by atoms with E-state index in [0.29, 0.717) is 5.56 Å². The summed E-state index contributed by atoms with van der Waals surface area (Å²) in [5.74, 6) is -0.617. The van der Waals surface area contributed by atoms with Crippen molar-refractivity contribution in [2.45, 2.75) is 32.5 Å². The Labute approximate surface area is 89.7 Å². The highest BCUT2D eigenvalue weighted by molar-refractivity contribution is 5.76. The third-order valence-electron chi connectivity index (χ3n) is 1.75. The molecule has 82 valence electrons. The van der Waals surface area contributed by atoms with Crippen LogP contribution in [-0.4, -0.2) is 16.7 Å². The molecule has 0 spiro atoms. The summed E-state index contributed by atoms with van der Waals surface area (Å²) in [5.41, 5.74) is -0.0286. The van der Waals surface area contributed by atoms with Gasteiger partial charge in [-0.1, -0.05) is 30.3 Å². The topological polar surface area (TPSA) is 46.5 Å². The monoisotopic (exact) mass is 208 g/mol. The van der Waals surface area contributed by atoms with E-state index in [2.05, 4.69) is 0 Å². The maximum Gasteiger partial charge on any atom is 0.340 e. The van der Waals surface area contributed by atoms with Gasteiger partial charge in [0.05, 0.1) is 0 Å². The zero-order valence-electron chi connectivity index (χ0n) is 9.23. The number of benzene rings is 1. The van der Waals surface area contributed by atoms with Gasteiger partial charge in [-0.3, -0.25) is 0 Å². The highest BCUT2D eigenvalue weighted by Crippen LogP contribution is 2.17. The van der Waals surface area contributed by atoms with Gasteiger partial charge in [-0.05, 0) is 26.3 Å². The fourth-order valence-corrected chi connectivity index (χ4v) is 1.13. The van der Waals surface area contributed by atoms with E-state index >= 15 is 0 Å². The van der Waals surface area contributed by atoms with Crippen LogP contribution in [0.3, 0.4) is 0 Å². The number of hydrogen-bond donors (Lipinski definition) is 1. The highest BCUT2D eigenvalue weighted by Gasteiger charge is 2.24. The van der Waals surface area contributed by atoms with Crippen molar-refractivity contribution in [3.8, 4) is 0 Å². The molecule has 0 radical (unpaired) electrons. The molecule has 0 saturated heterocycles. The van der Waals surface area contributed by atoms with Crippen molar-refractivity contribution in [2.24, 2.45) is 0 Å². The maximum absolute atomic E-state index is 11.5. The molecule has 0 saturated carbocycles. The smallest absolute Gasteiger partial charge is 0.340 e. The quantitative estimate of drug-likeness (QED) is 0.757. The van der Waals surface area contributed by atoms with Crippen molar-refractivity contribution in [2.75, 3.05) is 0 Å². The first-order valence-corrected chi connectivity index (χ1v) is 4.86. The molecule has 3 nitrogen and oxygen atoms in total. The minimum absolute atomic E-state index is 0.548. The van der Waals surface area contributed by atoms with E-state index < -0.39 is 17.7 Å². The summed E-state index contributed by atoms with van der Waals surface area (Å²) in [6.07, 6.45) is -1.20. The van der Waals surface area contributed by atoms with E-state index in [9.17, 15) is 9.90 Å². The number of ether oxygens (including phenoxy) is 1. The van der Waals surface area contributed by atoms with E-state index in [1.54, 1.807) is 45.0 Å². The van der Waals surface area contributed by atoms with Gasteiger partial charge < -0.3 is 9.84 Å². The zero-order chi connectivity index (χ0) is 11.5. The Kier molecular flexibility index (Phi) is 3.48. The molecule has 15 heavy (non-hydrogen) atoms. The van der Waals surface area contributed by atoms with E-state index in [-0.39, 0.29) is 0 Å². The van der Waals surface area contributed by atoms with Crippen molar-refractivity contribution in [1.82, 2.24) is 0 Å². The van der Waals surface area contributed by atoms with Crippen molar-refractivity contribution >= 4 is 5.97 Å². The van der Waals surface area contributed by atoms with Crippen LogP contribution in [0.5, 0.6) is 0 Å². The largest absolute Gasteiger partial charge is 0.458 e. The predicted molar refractivity (Wildman–Crippen MR) is 57.2 cm³/mol. The molecule has 0 aliphatic carbocycles. The summed E-state index contributed by atoms with van der Waals surface area (Å²) in [6, 6.07) is 8.74. The molecule has 1 N–H and O–H groups in total. The summed E-state index contributed by atoms with van der Waals surface area (Å²) >= 11 is 0. The molecular formula is C12H16O3. The molecule has 1 atom stereocenters. The van der Waals surface area contributed by atoms with Gasteiger partial charge in [0, 0.05) is 0 Å². The van der Waals surface area contributed by atoms with Gasteiger partial charge in [0.1, 0.15) is 5.60 Å². The van der Waals surface area contributed by atoms with Crippen LogP contribution in [0, 0.1) is 0 Å². The predicted octanol–water partition coefficient (Wildman–Crippen LogP) is 2.06. The van der Waals surface area contributed by atoms with Gasteiger partial charge in [0.2, 0.25) is 0 Å². The second kappa shape index (κ2) is 4.45. The van der Waals surface area contributed by atoms with Crippen molar-refractivity contribution in [1.29, 1.82) is 0 Å². The minimum atomic E-state index is -1.20. The van der Waals surface area contributed by atoms with E-state index in [0.717, 1.165) is 0 Å². The van der Waals surface area contributed by atoms with Crippen molar-refractivity contribution < 1.29 is 14.6 Å². The Balaban J connectivity index is 2.70. The Morgan fingerprint density at radius 3 is 2.27 bits per heavy atom. The SMILES string of the molecule is CC(C)(C)OC(=O)[C@H](O)c1ccccc1. The number of carbonyl (C=O) groups is 1. The summed E-state index contributed by atoms with van der Waals surface area (Å²) in [7, 11) is 0. The number of rotatable bonds is 2. The standard InChI is InChI=1S/C12H16O3/c1-12(2,3)15-11(14)10(13)9-7-5-4-6-8-9/h4-8,10,13H,1-3H3/t10-/m1/s1. The van der Waals surface area contributed by atoms with Crippen LogP contribution in [0.25, 0.3) is 0 Å². The minimum Gasteiger partial charge on any atom is -0.458 e. The van der Waals surface area contributed by atoms with Gasteiger partial charge in [-0.2, -0.15) is 0 Å². The summed E-state index contributed by atoms with van der Waals surface area (Å²) in [4.78, 5) is 11.5. The van der Waals surface area contributed by atoms with Gasteiger partial charge in [-0.25, -0.2) is 4.79 Å². The highest BCUT2D eigenvalue weighted by atomic mass is 16.6. The van der Waals surface area contributed by atoms with Crippen LogP contribution in [0.2, 0.25) is 0 Å². The molecule has 3 heteroatoms. The lowest BCUT2D eigenvalue weighted by atomic mass is 10.1. The molecule has 0 aromatic heterocycles.